The van der Waals surface area contributed by atoms with Gasteiger partial charge >= 0.3 is 6.18 Å². The largest absolute Gasteiger partial charge is 0.477 e. The highest BCUT2D eigenvalue weighted by molar-refractivity contribution is 5.92. The normalized spacial score (nSPS) is 12.9. The van der Waals surface area contributed by atoms with Crippen LogP contribution in [0, 0.1) is 11.7 Å². The highest BCUT2D eigenvalue weighted by atomic mass is 35.5. The Morgan fingerprint density at radius 3 is 2.47 bits per heavy atom. The SMILES string of the molecule is CC(CO)C(=O)C(Oc1ccccc1C(F)(F)F)c1ccc(CNC(=O)c2cn(C)cn2)c(F)c1.Cl. The third-order valence-corrected chi connectivity index (χ3v) is 5.21. The van der Waals surface area contributed by atoms with Crippen molar-refractivity contribution in [2.24, 2.45) is 13.0 Å². The summed E-state index contributed by atoms with van der Waals surface area (Å²) in [4.78, 5) is 28.9. The minimum atomic E-state index is -4.74. The molecule has 1 heterocycles. The van der Waals surface area contributed by atoms with E-state index in [0.717, 1.165) is 18.2 Å². The molecule has 3 rings (SSSR count). The summed E-state index contributed by atoms with van der Waals surface area (Å²) in [6.07, 6.45) is -3.42. The molecule has 2 N–H and O–H groups in total. The predicted octanol–water partition coefficient (Wildman–Crippen LogP) is 4.25. The third-order valence-electron chi connectivity index (χ3n) is 5.21. The molecule has 3 aromatic rings. The molecule has 0 radical (unpaired) electrons. The summed E-state index contributed by atoms with van der Waals surface area (Å²) < 4.78 is 62.1. The molecule has 194 valence electrons. The van der Waals surface area contributed by atoms with E-state index in [9.17, 15) is 32.3 Å². The summed E-state index contributed by atoms with van der Waals surface area (Å²) in [7, 11) is 1.69. The fraction of sp³-hybridized carbons (Fsp3) is 0.292. The fourth-order valence-electron chi connectivity index (χ4n) is 3.24. The number of nitrogens with one attached hydrogen (secondary N) is 1. The molecular formula is C24H24ClF4N3O4. The lowest BCUT2D eigenvalue weighted by Crippen LogP contribution is -2.28. The Kier molecular flexibility index (Phi) is 9.60. The first kappa shape index (κ1) is 28.8. The molecule has 1 amide bonds. The number of para-hydroxylation sites is 1. The summed E-state index contributed by atoms with van der Waals surface area (Å²) in [5.74, 6) is -3.62. The summed E-state index contributed by atoms with van der Waals surface area (Å²) >= 11 is 0. The Balaban J connectivity index is 0.00000456. The fourth-order valence-corrected chi connectivity index (χ4v) is 3.24. The number of ketones is 1. The standard InChI is InChI=1S/C24H23F4N3O4.ClH/c1-14(12-32)21(33)22(35-20-6-4-3-5-17(20)24(26,27)28)15-7-8-16(18(25)9-15)10-29-23(34)19-11-31(2)13-30-19;/h3-9,11,13-14,22,32H,10,12H2,1-2H3,(H,29,34);1H. The molecule has 0 fully saturated rings. The van der Waals surface area contributed by atoms with Gasteiger partial charge in [0.2, 0.25) is 0 Å². The van der Waals surface area contributed by atoms with Gasteiger partial charge in [-0.25, -0.2) is 9.37 Å². The van der Waals surface area contributed by atoms with Crippen LogP contribution in [0.15, 0.2) is 55.0 Å². The number of aromatic nitrogens is 2. The van der Waals surface area contributed by atoms with Crippen molar-refractivity contribution in [1.82, 2.24) is 14.9 Å². The molecule has 36 heavy (non-hydrogen) atoms. The highest BCUT2D eigenvalue weighted by Crippen LogP contribution is 2.38. The van der Waals surface area contributed by atoms with Crippen LogP contribution >= 0.6 is 12.4 Å². The second-order valence-electron chi connectivity index (χ2n) is 7.94. The zero-order valence-electron chi connectivity index (χ0n) is 19.3. The molecule has 12 heteroatoms. The van der Waals surface area contributed by atoms with Gasteiger partial charge in [-0.05, 0) is 18.2 Å². The quantitative estimate of drug-likeness (QED) is 0.404. The molecule has 0 aliphatic rings. The number of aliphatic hydroxyl groups excluding tert-OH is 1. The van der Waals surface area contributed by atoms with Crippen LogP contribution in [0.25, 0.3) is 0 Å². The van der Waals surface area contributed by atoms with Gasteiger partial charge in [0.15, 0.2) is 11.9 Å². The summed E-state index contributed by atoms with van der Waals surface area (Å²) in [6.45, 7) is 0.622. The van der Waals surface area contributed by atoms with Gasteiger partial charge in [0.25, 0.3) is 5.91 Å². The van der Waals surface area contributed by atoms with E-state index in [1.807, 2.05) is 0 Å². The van der Waals surface area contributed by atoms with Gasteiger partial charge in [-0.1, -0.05) is 31.2 Å². The number of benzene rings is 2. The number of Topliss-reactive ketones (excluding diaryl/α,β-unsaturated/α-hetero) is 1. The molecule has 7 nitrogen and oxygen atoms in total. The third kappa shape index (κ3) is 6.82. The molecule has 2 aromatic carbocycles. The average molecular weight is 530 g/mol. The van der Waals surface area contributed by atoms with E-state index >= 15 is 0 Å². The number of imidazole rings is 1. The number of nitrogens with zero attached hydrogens (tertiary/aromatic N) is 2. The first-order valence-corrected chi connectivity index (χ1v) is 10.5. The Bertz CT molecular complexity index is 1220. The van der Waals surface area contributed by atoms with E-state index < -0.39 is 53.6 Å². The minimum Gasteiger partial charge on any atom is -0.477 e. The van der Waals surface area contributed by atoms with Gasteiger partial charge in [0.1, 0.15) is 17.3 Å². The first-order chi connectivity index (χ1) is 16.5. The number of hydrogen-bond acceptors (Lipinski definition) is 5. The molecule has 0 spiro atoms. The lowest BCUT2D eigenvalue weighted by Gasteiger charge is -2.23. The van der Waals surface area contributed by atoms with Gasteiger partial charge in [-0.15, -0.1) is 12.4 Å². The van der Waals surface area contributed by atoms with Crippen LogP contribution in [-0.2, 0) is 24.6 Å². The van der Waals surface area contributed by atoms with E-state index in [4.69, 9.17) is 4.74 Å². The molecular weight excluding hydrogens is 506 g/mol. The summed E-state index contributed by atoms with van der Waals surface area (Å²) in [5.41, 5.74) is -0.909. The number of halogens is 5. The molecule has 1 aromatic heterocycles. The van der Waals surface area contributed by atoms with Crippen molar-refractivity contribution >= 4 is 24.1 Å². The van der Waals surface area contributed by atoms with Crippen LogP contribution in [0.4, 0.5) is 17.6 Å². The number of alkyl halides is 3. The van der Waals surface area contributed by atoms with E-state index in [2.05, 4.69) is 10.3 Å². The Labute approximate surface area is 210 Å². The Hall–Kier alpha value is -3.44. The maximum atomic E-state index is 14.9. The van der Waals surface area contributed by atoms with Crippen LogP contribution < -0.4 is 10.1 Å². The van der Waals surface area contributed by atoms with Crippen molar-refractivity contribution in [3.8, 4) is 5.75 Å². The number of carbonyl (C=O) groups excluding carboxylic acids is 2. The van der Waals surface area contributed by atoms with Crippen molar-refractivity contribution in [1.29, 1.82) is 0 Å². The topological polar surface area (TPSA) is 93.5 Å². The second-order valence-corrected chi connectivity index (χ2v) is 7.94. The van der Waals surface area contributed by atoms with E-state index in [-0.39, 0.29) is 35.8 Å². The molecule has 0 saturated carbocycles. The Morgan fingerprint density at radius 2 is 1.89 bits per heavy atom. The van der Waals surface area contributed by atoms with Crippen LogP contribution in [0.1, 0.15) is 40.2 Å². The van der Waals surface area contributed by atoms with Crippen molar-refractivity contribution in [2.45, 2.75) is 25.7 Å². The van der Waals surface area contributed by atoms with Crippen molar-refractivity contribution in [2.75, 3.05) is 6.61 Å². The zero-order valence-corrected chi connectivity index (χ0v) is 20.1. The number of carbonyl (C=O) groups is 2. The zero-order chi connectivity index (χ0) is 25.8. The first-order valence-electron chi connectivity index (χ1n) is 10.5. The van der Waals surface area contributed by atoms with Gasteiger partial charge < -0.3 is 19.7 Å². The number of ether oxygens (including phenoxy) is 1. The molecule has 0 bridgehead atoms. The number of rotatable bonds is 9. The second kappa shape index (κ2) is 12.0. The van der Waals surface area contributed by atoms with E-state index in [1.165, 1.54) is 43.7 Å². The number of aliphatic hydroxyl groups is 1. The maximum Gasteiger partial charge on any atom is 0.419 e. The average Bonchev–Trinajstić information content (AvgIpc) is 3.26. The van der Waals surface area contributed by atoms with E-state index in [1.54, 1.807) is 11.6 Å². The minimum absolute atomic E-state index is 0. The molecule has 2 atom stereocenters. The monoisotopic (exact) mass is 529 g/mol. The number of hydrogen-bond donors (Lipinski definition) is 2. The molecule has 2 unspecified atom stereocenters. The summed E-state index contributed by atoms with van der Waals surface area (Å²) in [5, 5.41) is 11.9. The van der Waals surface area contributed by atoms with Crippen molar-refractivity contribution < 1.29 is 37.0 Å². The van der Waals surface area contributed by atoms with Crippen molar-refractivity contribution in [3.05, 3.63) is 83.2 Å². The van der Waals surface area contributed by atoms with Gasteiger partial charge in [0.05, 0.1) is 18.5 Å². The van der Waals surface area contributed by atoms with Crippen LogP contribution in [0.5, 0.6) is 5.75 Å². The highest BCUT2D eigenvalue weighted by Gasteiger charge is 2.36. The molecule has 0 saturated heterocycles. The van der Waals surface area contributed by atoms with Crippen LogP contribution in [-0.4, -0.2) is 33.0 Å². The number of aryl methyl sites for hydroxylation is 1. The van der Waals surface area contributed by atoms with E-state index in [0.29, 0.717) is 0 Å². The molecule has 0 aliphatic carbocycles. The summed E-state index contributed by atoms with van der Waals surface area (Å²) in [6, 6.07) is 7.95. The van der Waals surface area contributed by atoms with Crippen LogP contribution in [0.2, 0.25) is 0 Å². The maximum absolute atomic E-state index is 14.9. The lowest BCUT2D eigenvalue weighted by atomic mass is 9.95. The van der Waals surface area contributed by atoms with Gasteiger partial charge in [-0.3, -0.25) is 9.59 Å². The number of amides is 1. The lowest BCUT2D eigenvalue weighted by molar-refractivity contribution is -0.141. The van der Waals surface area contributed by atoms with Gasteiger partial charge in [0, 0.05) is 36.8 Å². The van der Waals surface area contributed by atoms with Crippen LogP contribution in [0.3, 0.4) is 0 Å². The Morgan fingerprint density at radius 1 is 1.19 bits per heavy atom. The van der Waals surface area contributed by atoms with Gasteiger partial charge in [-0.2, -0.15) is 13.2 Å². The van der Waals surface area contributed by atoms with Crippen molar-refractivity contribution in [3.63, 3.8) is 0 Å². The molecule has 0 aliphatic heterocycles. The smallest absolute Gasteiger partial charge is 0.419 e. The predicted molar refractivity (Wildman–Crippen MR) is 124 cm³/mol.